The molecule has 0 saturated carbocycles. The molecule has 5 heteroatoms. The molecule has 5 nitrogen and oxygen atoms in total. The maximum atomic E-state index is 10.4. The average molecular weight is 320 g/mol. The Morgan fingerprint density at radius 3 is 2.48 bits per heavy atom. The summed E-state index contributed by atoms with van der Waals surface area (Å²) in [7, 11) is 2.06. The highest BCUT2D eigenvalue weighted by Gasteiger charge is 2.39. The predicted molar refractivity (Wildman–Crippen MR) is 89.1 cm³/mol. The van der Waals surface area contributed by atoms with Crippen molar-refractivity contribution < 1.29 is 14.6 Å². The molecule has 1 N–H and O–H groups in total. The Kier molecular flexibility index (Phi) is 5.67. The third kappa shape index (κ3) is 4.75. The van der Waals surface area contributed by atoms with Crippen LogP contribution in [0.25, 0.3) is 0 Å². The van der Waals surface area contributed by atoms with Crippen LogP contribution in [0.2, 0.25) is 0 Å². The molecule has 2 aliphatic rings. The zero-order chi connectivity index (χ0) is 16.1. The van der Waals surface area contributed by atoms with Crippen LogP contribution in [0.3, 0.4) is 0 Å². The van der Waals surface area contributed by atoms with E-state index in [9.17, 15) is 5.11 Å². The van der Waals surface area contributed by atoms with E-state index in [0.717, 1.165) is 39.0 Å². The second-order valence-corrected chi connectivity index (χ2v) is 6.74. The van der Waals surface area contributed by atoms with Crippen molar-refractivity contribution in [1.82, 2.24) is 9.80 Å². The lowest BCUT2D eigenvalue weighted by Crippen LogP contribution is -2.48. The Balaban J connectivity index is 1.38. The molecule has 1 atom stereocenters. The molecular formula is C18H28N2O3. The van der Waals surface area contributed by atoms with E-state index >= 15 is 0 Å². The van der Waals surface area contributed by atoms with Gasteiger partial charge >= 0.3 is 0 Å². The number of aliphatic hydroxyl groups excluding tert-OH is 1. The molecule has 2 aliphatic heterocycles. The van der Waals surface area contributed by atoms with Crippen LogP contribution >= 0.6 is 0 Å². The quantitative estimate of drug-likeness (QED) is 0.856. The zero-order valence-electron chi connectivity index (χ0n) is 14.0. The van der Waals surface area contributed by atoms with E-state index in [-0.39, 0.29) is 11.9 Å². The number of ether oxygens (including phenoxy) is 2. The van der Waals surface area contributed by atoms with Gasteiger partial charge in [-0.1, -0.05) is 30.3 Å². The van der Waals surface area contributed by atoms with Crippen molar-refractivity contribution in [2.45, 2.75) is 31.3 Å². The Labute approximate surface area is 138 Å². The number of likely N-dealkylation sites (tertiary alicyclic amines) is 1. The van der Waals surface area contributed by atoms with Gasteiger partial charge < -0.3 is 19.5 Å². The number of aliphatic hydroxyl groups is 1. The fourth-order valence-electron chi connectivity index (χ4n) is 3.54. The minimum Gasteiger partial charge on any atom is -0.390 e. The Morgan fingerprint density at radius 1 is 1.17 bits per heavy atom. The highest BCUT2D eigenvalue weighted by atomic mass is 16.7. The average Bonchev–Trinajstić information content (AvgIpc) is 2.99. The highest BCUT2D eigenvalue weighted by Crippen LogP contribution is 2.31. The van der Waals surface area contributed by atoms with Crippen molar-refractivity contribution >= 4 is 0 Å². The molecule has 1 aromatic carbocycles. The van der Waals surface area contributed by atoms with E-state index in [1.54, 1.807) is 0 Å². The predicted octanol–water partition coefficient (Wildman–Crippen LogP) is 1.32. The molecule has 1 spiro atoms. The van der Waals surface area contributed by atoms with Crippen LogP contribution in [0.4, 0.5) is 0 Å². The summed E-state index contributed by atoms with van der Waals surface area (Å²) in [5.74, 6) is -0.328. The first-order valence-electron chi connectivity index (χ1n) is 8.56. The maximum Gasteiger partial charge on any atom is 0.170 e. The molecule has 2 heterocycles. The summed E-state index contributed by atoms with van der Waals surface area (Å²) in [6, 6.07) is 10.4. The topological polar surface area (TPSA) is 45.2 Å². The Hall–Kier alpha value is -0.980. The van der Waals surface area contributed by atoms with Gasteiger partial charge in [-0.15, -0.1) is 0 Å². The Morgan fingerprint density at radius 2 is 1.83 bits per heavy atom. The van der Waals surface area contributed by atoms with Gasteiger partial charge in [0.15, 0.2) is 5.79 Å². The van der Waals surface area contributed by atoms with Gasteiger partial charge in [0, 0.05) is 45.6 Å². The molecule has 1 unspecified atom stereocenters. The van der Waals surface area contributed by atoms with Crippen LogP contribution < -0.4 is 0 Å². The first-order valence-corrected chi connectivity index (χ1v) is 8.56. The monoisotopic (exact) mass is 320 g/mol. The number of piperidine rings is 1. The highest BCUT2D eigenvalue weighted by molar-refractivity contribution is 5.14. The van der Waals surface area contributed by atoms with Crippen molar-refractivity contribution in [3.05, 3.63) is 35.9 Å². The van der Waals surface area contributed by atoms with Gasteiger partial charge in [-0.25, -0.2) is 0 Å². The zero-order valence-corrected chi connectivity index (χ0v) is 14.0. The summed E-state index contributed by atoms with van der Waals surface area (Å²) in [6.45, 7) is 5.56. The molecule has 0 radical (unpaired) electrons. The van der Waals surface area contributed by atoms with E-state index in [1.807, 2.05) is 6.07 Å². The summed E-state index contributed by atoms with van der Waals surface area (Å²) in [5.41, 5.74) is 1.28. The number of nitrogens with zero attached hydrogens (tertiary/aromatic N) is 2. The molecule has 3 rings (SSSR count). The summed E-state index contributed by atoms with van der Waals surface area (Å²) >= 11 is 0. The lowest BCUT2D eigenvalue weighted by molar-refractivity contribution is -0.186. The first-order chi connectivity index (χ1) is 11.2. The van der Waals surface area contributed by atoms with Crippen LogP contribution in [0.15, 0.2) is 30.3 Å². The number of hydrogen-bond acceptors (Lipinski definition) is 5. The molecule has 2 fully saturated rings. The van der Waals surface area contributed by atoms with Crippen LogP contribution in [-0.2, 0) is 16.0 Å². The number of rotatable bonds is 6. The largest absolute Gasteiger partial charge is 0.390 e. The molecule has 0 aromatic heterocycles. The van der Waals surface area contributed by atoms with Crippen molar-refractivity contribution in [2.75, 3.05) is 46.4 Å². The fraction of sp³-hybridized carbons (Fsp3) is 0.667. The van der Waals surface area contributed by atoms with E-state index in [1.165, 1.54) is 5.56 Å². The maximum absolute atomic E-state index is 10.4. The smallest absolute Gasteiger partial charge is 0.170 e. The van der Waals surface area contributed by atoms with Crippen LogP contribution in [-0.4, -0.2) is 73.2 Å². The van der Waals surface area contributed by atoms with E-state index in [0.29, 0.717) is 19.8 Å². The molecule has 23 heavy (non-hydrogen) atoms. The van der Waals surface area contributed by atoms with E-state index in [2.05, 4.69) is 41.1 Å². The molecule has 0 amide bonds. The van der Waals surface area contributed by atoms with Gasteiger partial charge in [-0.2, -0.15) is 0 Å². The summed E-state index contributed by atoms with van der Waals surface area (Å²) in [4.78, 5) is 4.49. The lowest BCUT2D eigenvalue weighted by atomic mass is 10.0. The fourth-order valence-corrected chi connectivity index (χ4v) is 3.54. The number of benzene rings is 1. The molecule has 2 saturated heterocycles. The first kappa shape index (κ1) is 16.9. The number of β-amino-alcohol motifs (C(OH)–C–C–N with tert-alkyl or cyclic N) is 1. The molecule has 0 aliphatic carbocycles. The normalized spacial score (nSPS) is 22.7. The second kappa shape index (κ2) is 7.73. The van der Waals surface area contributed by atoms with Crippen LogP contribution in [0.1, 0.15) is 18.4 Å². The Bertz CT molecular complexity index is 466. The molecule has 0 bridgehead atoms. The van der Waals surface area contributed by atoms with Gasteiger partial charge in [-0.05, 0) is 12.6 Å². The van der Waals surface area contributed by atoms with Crippen LogP contribution in [0, 0.1) is 0 Å². The minimum atomic E-state index is -0.330. The van der Waals surface area contributed by atoms with Gasteiger partial charge in [-0.3, -0.25) is 4.90 Å². The second-order valence-electron chi connectivity index (χ2n) is 6.74. The van der Waals surface area contributed by atoms with Crippen molar-refractivity contribution in [3.63, 3.8) is 0 Å². The van der Waals surface area contributed by atoms with Gasteiger partial charge in [0.25, 0.3) is 0 Å². The van der Waals surface area contributed by atoms with E-state index < -0.39 is 0 Å². The van der Waals surface area contributed by atoms with Gasteiger partial charge in [0.1, 0.15) is 0 Å². The molecule has 1 aromatic rings. The third-order valence-electron chi connectivity index (χ3n) is 4.72. The SMILES string of the molecule is CN(Cc1ccccc1)CC(O)CN1CCC2(CC1)OCCO2. The lowest BCUT2D eigenvalue weighted by Gasteiger charge is -2.38. The van der Waals surface area contributed by atoms with Gasteiger partial charge in [0.2, 0.25) is 0 Å². The summed E-state index contributed by atoms with van der Waals surface area (Å²) in [6.07, 6.45) is 1.47. The van der Waals surface area contributed by atoms with E-state index in [4.69, 9.17) is 9.47 Å². The van der Waals surface area contributed by atoms with Crippen molar-refractivity contribution in [2.24, 2.45) is 0 Å². The summed E-state index contributed by atoms with van der Waals surface area (Å²) < 4.78 is 11.5. The van der Waals surface area contributed by atoms with Crippen molar-refractivity contribution in [1.29, 1.82) is 0 Å². The van der Waals surface area contributed by atoms with Crippen LogP contribution in [0.5, 0.6) is 0 Å². The standard InChI is InChI=1S/C18H28N2O3/c1-19(13-16-5-3-2-4-6-16)14-17(21)15-20-9-7-18(8-10-20)22-11-12-23-18/h2-6,17,21H,7-15H2,1H3. The summed E-state index contributed by atoms with van der Waals surface area (Å²) in [5, 5.41) is 10.4. The number of hydrogen-bond donors (Lipinski definition) is 1. The third-order valence-corrected chi connectivity index (χ3v) is 4.72. The number of likely N-dealkylation sites (N-methyl/N-ethyl adjacent to an activating group) is 1. The molecule has 128 valence electrons. The van der Waals surface area contributed by atoms with Crippen molar-refractivity contribution in [3.8, 4) is 0 Å². The minimum absolute atomic E-state index is 0.328. The van der Waals surface area contributed by atoms with Gasteiger partial charge in [0.05, 0.1) is 19.3 Å². The molecular weight excluding hydrogens is 292 g/mol.